The number of carboxylic acids is 1. The number of benzene rings is 1. The van der Waals surface area contributed by atoms with Gasteiger partial charge < -0.3 is 10.1 Å². The van der Waals surface area contributed by atoms with Gasteiger partial charge in [-0.25, -0.2) is 4.79 Å². The van der Waals surface area contributed by atoms with E-state index < -0.39 is 5.97 Å². The highest BCUT2D eigenvalue weighted by Gasteiger charge is 2.21. The third-order valence-electron chi connectivity index (χ3n) is 3.45. The van der Waals surface area contributed by atoms with E-state index in [0.717, 1.165) is 22.2 Å². The number of nitrogens with zero attached hydrogens (tertiary/aromatic N) is 2. The number of carbonyl (C=O) groups is 1. The Morgan fingerprint density at radius 1 is 1.40 bits per heavy atom. The largest absolute Gasteiger partial charge is 0.478 e. The molecule has 0 aliphatic heterocycles. The minimum Gasteiger partial charge on any atom is -0.478 e. The number of H-pyrrole nitrogens is 1. The summed E-state index contributed by atoms with van der Waals surface area (Å²) in [4.78, 5) is 14.7. The summed E-state index contributed by atoms with van der Waals surface area (Å²) in [5.41, 5.74) is 3.54. The van der Waals surface area contributed by atoms with Crippen LogP contribution in [-0.4, -0.2) is 25.8 Å². The maximum Gasteiger partial charge on any atom is 0.339 e. The number of carboxylic acid groups (broad SMARTS) is 1. The second kappa shape index (κ2) is 4.52. The van der Waals surface area contributed by atoms with Gasteiger partial charge in [0.2, 0.25) is 0 Å². The van der Waals surface area contributed by atoms with Crippen molar-refractivity contribution in [3.05, 3.63) is 41.7 Å². The van der Waals surface area contributed by atoms with Crippen LogP contribution in [0.25, 0.3) is 22.2 Å². The van der Waals surface area contributed by atoms with E-state index in [1.54, 1.807) is 10.9 Å². The predicted molar refractivity (Wildman–Crippen MR) is 76.9 cm³/mol. The summed E-state index contributed by atoms with van der Waals surface area (Å²) in [7, 11) is 0. The standard InChI is InChI=1S/C15H15N3O2/c1-3-18-8-11(15(19)20)14(17-18)13-9(2)16-12-7-5-4-6-10(12)13/h4-8,16H,3H2,1-2H3,(H,19,20). The summed E-state index contributed by atoms with van der Waals surface area (Å²) in [5, 5.41) is 14.8. The molecule has 0 spiro atoms. The Balaban J connectivity index is 2.33. The number of aromatic amines is 1. The zero-order valence-electron chi connectivity index (χ0n) is 11.3. The van der Waals surface area contributed by atoms with E-state index in [4.69, 9.17) is 0 Å². The molecule has 0 bridgehead atoms. The molecule has 0 saturated heterocycles. The molecular formula is C15H15N3O2. The van der Waals surface area contributed by atoms with Crippen LogP contribution in [0.15, 0.2) is 30.5 Å². The van der Waals surface area contributed by atoms with Gasteiger partial charge in [0, 0.05) is 34.9 Å². The van der Waals surface area contributed by atoms with Crippen LogP contribution in [0.4, 0.5) is 0 Å². The number of nitrogens with one attached hydrogen (secondary N) is 1. The number of aromatic carboxylic acids is 1. The van der Waals surface area contributed by atoms with Gasteiger partial charge in [-0.2, -0.15) is 5.10 Å². The molecule has 3 rings (SSSR count). The van der Waals surface area contributed by atoms with E-state index in [9.17, 15) is 9.90 Å². The molecule has 0 aliphatic rings. The Kier molecular flexibility index (Phi) is 2.82. The molecule has 0 atom stereocenters. The number of aromatic nitrogens is 3. The van der Waals surface area contributed by atoms with Crippen molar-refractivity contribution in [3.8, 4) is 11.3 Å². The van der Waals surface area contributed by atoms with Gasteiger partial charge in [0.25, 0.3) is 0 Å². The molecule has 0 radical (unpaired) electrons. The summed E-state index contributed by atoms with van der Waals surface area (Å²) in [6.45, 7) is 4.51. The molecule has 2 aromatic heterocycles. The summed E-state index contributed by atoms with van der Waals surface area (Å²) >= 11 is 0. The molecule has 3 aromatic rings. The van der Waals surface area contributed by atoms with Gasteiger partial charge in [0.05, 0.1) is 0 Å². The summed E-state index contributed by atoms with van der Waals surface area (Å²) < 4.78 is 1.65. The summed E-state index contributed by atoms with van der Waals surface area (Å²) in [6, 6.07) is 7.84. The number of fused-ring (bicyclic) bond motifs is 1. The van der Waals surface area contributed by atoms with E-state index in [0.29, 0.717) is 12.2 Å². The van der Waals surface area contributed by atoms with Crippen molar-refractivity contribution in [1.82, 2.24) is 14.8 Å². The first-order chi connectivity index (χ1) is 9.61. The maximum atomic E-state index is 11.4. The number of para-hydroxylation sites is 1. The lowest BCUT2D eigenvalue weighted by Gasteiger charge is -1.99. The van der Waals surface area contributed by atoms with Crippen molar-refractivity contribution < 1.29 is 9.90 Å². The zero-order chi connectivity index (χ0) is 14.3. The van der Waals surface area contributed by atoms with Crippen molar-refractivity contribution in [2.75, 3.05) is 0 Å². The minimum atomic E-state index is -0.954. The van der Waals surface area contributed by atoms with Gasteiger partial charge in [-0.3, -0.25) is 4.68 Å². The molecule has 102 valence electrons. The molecule has 0 aliphatic carbocycles. The van der Waals surface area contributed by atoms with Gasteiger partial charge in [-0.15, -0.1) is 0 Å². The van der Waals surface area contributed by atoms with Crippen LogP contribution >= 0.6 is 0 Å². The molecule has 20 heavy (non-hydrogen) atoms. The van der Waals surface area contributed by atoms with Crippen LogP contribution in [0.1, 0.15) is 23.0 Å². The van der Waals surface area contributed by atoms with Crippen LogP contribution in [0.2, 0.25) is 0 Å². The average Bonchev–Trinajstić information content (AvgIpc) is 2.98. The molecule has 2 heterocycles. The lowest BCUT2D eigenvalue weighted by molar-refractivity contribution is 0.0697. The van der Waals surface area contributed by atoms with E-state index >= 15 is 0 Å². The second-order valence-electron chi connectivity index (χ2n) is 4.72. The molecular weight excluding hydrogens is 254 g/mol. The molecule has 5 nitrogen and oxygen atoms in total. The van der Waals surface area contributed by atoms with Gasteiger partial charge in [-0.05, 0) is 19.9 Å². The zero-order valence-corrected chi connectivity index (χ0v) is 11.3. The second-order valence-corrected chi connectivity index (χ2v) is 4.72. The van der Waals surface area contributed by atoms with Gasteiger partial charge >= 0.3 is 5.97 Å². The van der Waals surface area contributed by atoms with Gasteiger partial charge in [0.15, 0.2) is 0 Å². The monoisotopic (exact) mass is 269 g/mol. The van der Waals surface area contributed by atoms with Gasteiger partial charge in [-0.1, -0.05) is 18.2 Å². The Hall–Kier alpha value is -2.56. The average molecular weight is 269 g/mol. The first kappa shape index (κ1) is 12.5. The first-order valence-corrected chi connectivity index (χ1v) is 6.50. The topological polar surface area (TPSA) is 70.9 Å². The molecule has 0 unspecified atom stereocenters. The van der Waals surface area contributed by atoms with Crippen LogP contribution in [0, 0.1) is 6.92 Å². The lowest BCUT2D eigenvalue weighted by atomic mass is 10.0. The van der Waals surface area contributed by atoms with Crippen LogP contribution in [0.3, 0.4) is 0 Å². The van der Waals surface area contributed by atoms with E-state index in [2.05, 4.69) is 10.1 Å². The minimum absolute atomic E-state index is 0.236. The summed E-state index contributed by atoms with van der Waals surface area (Å²) in [6.07, 6.45) is 1.58. The third-order valence-corrected chi connectivity index (χ3v) is 3.45. The summed E-state index contributed by atoms with van der Waals surface area (Å²) in [5.74, 6) is -0.954. The van der Waals surface area contributed by atoms with E-state index in [-0.39, 0.29) is 5.56 Å². The molecule has 5 heteroatoms. The van der Waals surface area contributed by atoms with Crippen LogP contribution in [0.5, 0.6) is 0 Å². The van der Waals surface area contributed by atoms with Gasteiger partial charge in [0.1, 0.15) is 11.3 Å². The molecule has 0 amide bonds. The van der Waals surface area contributed by atoms with Crippen molar-refractivity contribution in [2.24, 2.45) is 0 Å². The van der Waals surface area contributed by atoms with Crippen LogP contribution in [-0.2, 0) is 6.54 Å². The number of hydrogen-bond acceptors (Lipinski definition) is 2. The number of rotatable bonds is 3. The number of aryl methyl sites for hydroxylation is 2. The highest BCUT2D eigenvalue weighted by Crippen LogP contribution is 2.33. The number of hydrogen-bond donors (Lipinski definition) is 2. The fraction of sp³-hybridized carbons (Fsp3) is 0.200. The normalized spacial score (nSPS) is 11.1. The fourth-order valence-electron chi connectivity index (χ4n) is 2.51. The SMILES string of the molecule is CCn1cc(C(=O)O)c(-c2c(C)[nH]c3ccccc23)n1. The molecule has 2 N–H and O–H groups in total. The van der Waals surface area contributed by atoms with Crippen molar-refractivity contribution in [2.45, 2.75) is 20.4 Å². The quantitative estimate of drug-likeness (QED) is 0.767. The Bertz CT molecular complexity index is 799. The molecule has 1 aromatic carbocycles. The third kappa shape index (κ3) is 1.79. The lowest BCUT2D eigenvalue weighted by Crippen LogP contribution is -1.97. The molecule has 0 fully saturated rings. The van der Waals surface area contributed by atoms with E-state index in [1.807, 2.05) is 38.1 Å². The highest BCUT2D eigenvalue weighted by molar-refractivity contribution is 6.03. The smallest absolute Gasteiger partial charge is 0.339 e. The van der Waals surface area contributed by atoms with Crippen molar-refractivity contribution in [3.63, 3.8) is 0 Å². The molecule has 0 saturated carbocycles. The maximum absolute atomic E-state index is 11.4. The first-order valence-electron chi connectivity index (χ1n) is 6.50. The Morgan fingerprint density at radius 2 is 2.15 bits per heavy atom. The Morgan fingerprint density at radius 3 is 2.85 bits per heavy atom. The highest BCUT2D eigenvalue weighted by atomic mass is 16.4. The van der Waals surface area contributed by atoms with Crippen molar-refractivity contribution in [1.29, 1.82) is 0 Å². The Labute approximate surface area is 115 Å². The fourth-order valence-corrected chi connectivity index (χ4v) is 2.51. The predicted octanol–water partition coefficient (Wildman–Crippen LogP) is 3.06. The van der Waals surface area contributed by atoms with E-state index in [1.165, 1.54) is 0 Å². The van der Waals surface area contributed by atoms with Crippen molar-refractivity contribution >= 4 is 16.9 Å². The van der Waals surface area contributed by atoms with Crippen LogP contribution < -0.4 is 0 Å².